The second kappa shape index (κ2) is 3.49. The van der Waals surface area contributed by atoms with E-state index in [0.717, 1.165) is 13.2 Å². The van der Waals surface area contributed by atoms with Gasteiger partial charge in [0.25, 0.3) is 0 Å². The van der Waals surface area contributed by atoms with Gasteiger partial charge in [0.1, 0.15) is 0 Å². The Labute approximate surface area is 87.0 Å². The van der Waals surface area contributed by atoms with Crippen LogP contribution in [0.2, 0.25) is 0 Å². The van der Waals surface area contributed by atoms with Crippen molar-refractivity contribution < 1.29 is 9.47 Å². The molecule has 0 atom stereocenters. The van der Waals surface area contributed by atoms with Crippen LogP contribution in [-0.2, 0) is 9.47 Å². The summed E-state index contributed by atoms with van der Waals surface area (Å²) < 4.78 is 11.3. The molecule has 2 aliphatic rings. The topological polar surface area (TPSA) is 18.5 Å². The Hall–Kier alpha value is -0.0800. The third-order valence-electron chi connectivity index (χ3n) is 3.66. The van der Waals surface area contributed by atoms with Crippen molar-refractivity contribution >= 4 is 0 Å². The van der Waals surface area contributed by atoms with Crippen LogP contribution in [0.3, 0.4) is 0 Å². The summed E-state index contributed by atoms with van der Waals surface area (Å²) in [6.07, 6.45) is 5.22. The quantitative estimate of drug-likeness (QED) is 0.596. The third kappa shape index (κ3) is 2.12. The van der Waals surface area contributed by atoms with E-state index in [0.29, 0.717) is 10.8 Å². The largest absolute Gasteiger partial charge is 0.352 e. The highest BCUT2D eigenvalue weighted by Gasteiger charge is 2.42. The molecule has 0 radical (unpaired) electrons. The molecule has 0 N–H and O–H groups in total. The molecule has 14 heavy (non-hydrogen) atoms. The van der Waals surface area contributed by atoms with E-state index < -0.39 is 0 Å². The molecule has 0 aromatic carbocycles. The summed E-state index contributed by atoms with van der Waals surface area (Å²) in [5.41, 5.74) is 0.805. The van der Waals surface area contributed by atoms with Crippen molar-refractivity contribution in [2.24, 2.45) is 10.8 Å². The minimum absolute atomic E-state index is 0.00524. The summed E-state index contributed by atoms with van der Waals surface area (Å²) >= 11 is 0. The zero-order valence-electron chi connectivity index (χ0n) is 9.64. The van der Waals surface area contributed by atoms with Crippen LogP contribution in [0.15, 0.2) is 0 Å². The second-order valence-electron chi connectivity index (χ2n) is 5.88. The van der Waals surface area contributed by atoms with Gasteiger partial charge in [-0.15, -0.1) is 0 Å². The van der Waals surface area contributed by atoms with Gasteiger partial charge in [0, 0.05) is 5.41 Å². The van der Waals surface area contributed by atoms with Gasteiger partial charge in [-0.1, -0.05) is 20.3 Å². The maximum atomic E-state index is 5.64. The molecule has 1 saturated heterocycles. The van der Waals surface area contributed by atoms with Gasteiger partial charge in [-0.05, 0) is 31.6 Å². The molecule has 0 unspecified atom stereocenters. The molecule has 2 heteroatoms. The average molecular weight is 198 g/mol. The number of hydrogen-bond acceptors (Lipinski definition) is 2. The second-order valence-corrected chi connectivity index (χ2v) is 5.88. The predicted octanol–water partition coefficient (Wildman–Crippen LogP) is 2.97. The van der Waals surface area contributed by atoms with Crippen LogP contribution in [0.4, 0.5) is 0 Å². The molecule has 1 aliphatic heterocycles. The SMILES string of the molecule is CC1OCC2(CCCC(C)(C)C2)CO1. The smallest absolute Gasteiger partial charge is 0.154 e. The lowest BCUT2D eigenvalue weighted by atomic mass is 9.64. The molecule has 2 nitrogen and oxygen atoms in total. The molecule has 2 fully saturated rings. The van der Waals surface area contributed by atoms with E-state index in [-0.39, 0.29) is 6.29 Å². The van der Waals surface area contributed by atoms with Gasteiger partial charge in [0.2, 0.25) is 0 Å². The highest BCUT2D eigenvalue weighted by atomic mass is 16.7. The summed E-state index contributed by atoms with van der Waals surface area (Å²) in [6.45, 7) is 8.52. The van der Waals surface area contributed by atoms with Crippen LogP contribution in [-0.4, -0.2) is 19.5 Å². The normalized spacial score (nSPS) is 42.6. The fourth-order valence-electron chi connectivity index (χ4n) is 3.06. The Balaban J connectivity index is 2.01. The number of hydrogen-bond donors (Lipinski definition) is 0. The molecule has 0 aromatic heterocycles. The number of ether oxygens (including phenoxy) is 2. The lowest BCUT2D eigenvalue weighted by Crippen LogP contribution is -2.45. The first-order chi connectivity index (χ1) is 6.52. The van der Waals surface area contributed by atoms with Crippen LogP contribution < -0.4 is 0 Å². The van der Waals surface area contributed by atoms with Gasteiger partial charge in [-0.25, -0.2) is 0 Å². The molecule has 82 valence electrons. The Bertz CT molecular complexity index is 202. The molecule has 1 aliphatic carbocycles. The minimum Gasteiger partial charge on any atom is -0.352 e. The maximum Gasteiger partial charge on any atom is 0.154 e. The molecular weight excluding hydrogens is 176 g/mol. The first kappa shape index (κ1) is 10.4. The first-order valence-electron chi connectivity index (χ1n) is 5.75. The Morgan fingerprint density at radius 1 is 1.07 bits per heavy atom. The zero-order chi connectivity index (χ0) is 10.2. The van der Waals surface area contributed by atoms with E-state index >= 15 is 0 Å². The lowest BCUT2D eigenvalue weighted by molar-refractivity contribution is -0.234. The first-order valence-corrected chi connectivity index (χ1v) is 5.75. The van der Waals surface area contributed by atoms with Crippen molar-refractivity contribution in [3.05, 3.63) is 0 Å². The van der Waals surface area contributed by atoms with Gasteiger partial charge in [0.15, 0.2) is 6.29 Å². The average Bonchev–Trinajstić information content (AvgIpc) is 2.09. The van der Waals surface area contributed by atoms with Crippen molar-refractivity contribution in [2.75, 3.05) is 13.2 Å². The van der Waals surface area contributed by atoms with Crippen molar-refractivity contribution in [1.29, 1.82) is 0 Å². The molecule has 1 heterocycles. The van der Waals surface area contributed by atoms with Gasteiger partial charge >= 0.3 is 0 Å². The molecular formula is C12H22O2. The monoisotopic (exact) mass is 198 g/mol. The van der Waals surface area contributed by atoms with Crippen LogP contribution in [0.1, 0.15) is 46.5 Å². The number of rotatable bonds is 0. The van der Waals surface area contributed by atoms with Crippen molar-refractivity contribution in [2.45, 2.75) is 52.7 Å². The minimum atomic E-state index is 0.00524. The van der Waals surface area contributed by atoms with Crippen molar-refractivity contribution in [3.8, 4) is 0 Å². The van der Waals surface area contributed by atoms with Crippen LogP contribution in [0.25, 0.3) is 0 Å². The molecule has 1 saturated carbocycles. The maximum absolute atomic E-state index is 5.64. The van der Waals surface area contributed by atoms with Crippen LogP contribution >= 0.6 is 0 Å². The summed E-state index contributed by atoms with van der Waals surface area (Å²) in [5, 5.41) is 0. The highest BCUT2D eigenvalue weighted by Crippen LogP contribution is 2.47. The van der Waals surface area contributed by atoms with E-state index in [1.54, 1.807) is 0 Å². The van der Waals surface area contributed by atoms with Crippen LogP contribution in [0, 0.1) is 10.8 Å². The molecule has 1 spiro atoms. The summed E-state index contributed by atoms with van der Waals surface area (Å²) in [5.74, 6) is 0. The fraction of sp³-hybridized carbons (Fsp3) is 1.00. The Kier molecular flexibility index (Phi) is 2.61. The summed E-state index contributed by atoms with van der Waals surface area (Å²) in [7, 11) is 0. The molecule has 2 rings (SSSR count). The van der Waals surface area contributed by atoms with Crippen LogP contribution in [0.5, 0.6) is 0 Å². The zero-order valence-corrected chi connectivity index (χ0v) is 9.64. The van der Waals surface area contributed by atoms with E-state index in [1.165, 1.54) is 25.7 Å². The van der Waals surface area contributed by atoms with Gasteiger partial charge in [-0.3, -0.25) is 0 Å². The molecule has 0 aromatic rings. The van der Waals surface area contributed by atoms with Crippen molar-refractivity contribution in [3.63, 3.8) is 0 Å². The summed E-state index contributed by atoms with van der Waals surface area (Å²) in [6, 6.07) is 0. The Morgan fingerprint density at radius 2 is 1.71 bits per heavy atom. The third-order valence-corrected chi connectivity index (χ3v) is 3.66. The highest BCUT2D eigenvalue weighted by molar-refractivity contribution is 4.91. The fourth-order valence-corrected chi connectivity index (χ4v) is 3.06. The van der Waals surface area contributed by atoms with E-state index in [9.17, 15) is 0 Å². The Morgan fingerprint density at radius 3 is 2.29 bits per heavy atom. The molecule has 0 amide bonds. The standard InChI is InChI=1S/C12H22O2/c1-10-13-8-12(9-14-10)6-4-5-11(2,3)7-12/h10H,4-9H2,1-3H3. The lowest BCUT2D eigenvalue weighted by Gasteiger charge is -2.47. The van der Waals surface area contributed by atoms with Crippen molar-refractivity contribution in [1.82, 2.24) is 0 Å². The predicted molar refractivity (Wildman–Crippen MR) is 56.0 cm³/mol. The van der Waals surface area contributed by atoms with Gasteiger partial charge < -0.3 is 9.47 Å². The molecule has 0 bridgehead atoms. The van der Waals surface area contributed by atoms with E-state index in [4.69, 9.17) is 9.47 Å². The summed E-state index contributed by atoms with van der Waals surface area (Å²) in [4.78, 5) is 0. The van der Waals surface area contributed by atoms with E-state index in [2.05, 4.69) is 13.8 Å². The van der Waals surface area contributed by atoms with E-state index in [1.807, 2.05) is 6.92 Å². The van der Waals surface area contributed by atoms with Gasteiger partial charge in [-0.2, -0.15) is 0 Å². The van der Waals surface area contributed by atoms with Gasteiger partial charge in [0.05, 0.1) is 13.2 Å².